The average Bonchev–Trinajstić information content (AvgIpc) is 2.79. The lowest BCUT2D eigenvalue weighted by Gasteiger charge is -2.29. The number of thioether (sulfide) groups is 1. The van der Waals surface area contributed by atoms with Crippen LogP contribution in [0.4, 0.5) is 0 Å². The molecule has 0 aliphatic carbocycles. The number of benzene rings is 2. The monoisotopic (exact) mass is 476 g/mol. The van der Waals surface area contributed by atoms with E-state index in [4.69, 9.17) is 16.3 Å². The number of halogens is 1. The van der Waals surface area contributed by atoms with Gasteiger partial charge in [0.2, 0.25) is 11.8 Å². The second-order valence-corrected chi connectivity index (χ2v) is 9.70. The number of hydrogen-bond donors (Lipinski definition) is 1. The zero-order valence-electron chi connectivity index (χ0n) is 19.3. The number of nitrogens with one attached hydrogen (secondary N) is 1. The van der Waals surface area contributed by atoms with Crippen molar-refractivity contribution in [2.75, 3.05) is 19.4 Å². The number of rotatable bonds is 12. The zero-order chi connectivity index (χ0) is 23.5. The molecule has 0 fully saturated rings. The topological polar surface area (TPSA) is 58.6 Å². The van der Waals surface area contributed by atoms with Crippen LogP contribution in [0, 0.1) is 5.92 Å². The lowest BCUT2D eigenvalue weighted by Crippen LogP contribution is -2.48. The van der Waals surface area contributed by atoms with Crippen LogP contribution in [0.15, 0.2) is 53.4 Å². The van der Waals surface area contributed by atoms with Crippen LogP contribution in [0.2, 0.25) is 5.02 Å². The number of amides is 2. The van der Waals surface area contributed by atoms with Crippen LogP contribution in [0.1, 0.15) is 39.2 Å². The third-order valence-corrected chi connectivity index (χ3v) is 6.31. The third kappa shape index (κ3) is 8.75. The molecular formula is C25H33ClN2O3S. The molecule has 2 rings (SSSR count). The van der Waals surface area contributed by atoms with Crippen molar-refractivity contribution in [3.8, 4) is 5.75 Å². The number of carbonyl (C=O) groups excluding carboxylic acids is 2. The van der Waals surface area contributed by atoms with E-state index in [1.807, 2.05) is 62.4 Å². The van der Waals surface area contributed by atoms with Gasteiger partial charge in [0.15, 0.2) is 0 Å². The van der Waals surface area contributed by atoms with Crippen molar-refractivity contribution in [3.63, 3.8) is 0 Å². The predicted molar refractivity (Wildman–Crippen MR) is 132 cm³/mol. The van der Waals surface area contributed by atoms with Crippen LogP contribution < -0.4 is 10.1 Å². The Kier molecular flexibility index (Phi) is 10.9. The molecule has 0 aliphatic rings. The summed E-state index contributed by atoms with van der Waals surface area (Å²) >= 11 is 7.62. The predicted octanol–water partition coefficient (Wildman–Crippen LogP) is 5.41. The van der Waals surface area contributed by atoms with Crippen molar-refractivity contribution in [1.29, 1.82) is 0 Å². The molecule has 0 bridgehead atoms. The molecule has 2 aromatic carbocycles. The number of ether oxygens (including phenoxy) is 1. The van der Waals surface area contributed by atoms with E-state index in [-0.39, 0.29) is 11.8 Å². The minimum absolute atomic E-state index is 0.0308. The van der Waals surface area contributed by atoms with Crippen molar-refractivity contribution in [2.45, 2.75) is 51.1 Å². The van der Waals surface area contributed by atoms with Crippen molar-refractivity contribution in [2.24, 2.45) is 5.92 Å². The molecule has 0 aliphatic heterocycles. The highest BCUT2D eigenvalue weighted by Crippen LogP contribution is 2.22. The fourth-order valence-electron chi connectivity index (χ4n) is 3.09. The van der Waals surface area contributed by atoms with Crippen LogP contribution in [0.25, 0.3) is 0 Å². The molecule has 0 heterocycles. The molecule has 1 N–H and O–H groups in total. The number of methoxy groups -OCH3 is 1. The lowest BCUT2D eigenvalue weighted by molar-refractivity contribution is -0.140. The fourth-order valence-corrected chi connectivity index (χ4v) is 4.07. The van der Waals surface area contributed by atoms with Gasteiger partial charge in [0.05, 0.1) is 7.11 Å². The Morgan fingerprint density at radius 1 is 1.12 bits per heavy atom. The summed E-state index contributed by atoms with van der Waals surface area (Å²) in [5.74, 6) is 1.72. The van der Waals surface area contributed by atoms with Crippen LogP contribution in [0.5, 0.6) is 5.75 Å². The van der Waals surface area contributed by atoms with E-state index in [0.29, 0.717) is 30.5 Å². The Hall–Kier alpha value is -2.18. The molecule has 7 heteroatoms. The Bertz CT molecular complexity index is 874. The highest BCUT2D eigenvalue weighted by atomic mass is 35.5. The highest BCUT2D eigenvalue weighted by molar-refractivity contribution is 7.99. The van der Waals surface area contributed by atoms with Gasteiger partial charge < -0.3 is 15.0 Å². The van der Waals surface area contributed by atoms with E-state index in [1.165, 1.54) is 0 Å². The van der Waals surface area contributed by atoms with Crippen molar-refractivity contribution >= 4 is 35.2 Å². The lowest BCUT2D eigenvalue weighted by atomic mass is 10.1. The first kappa shape index (κ1) is 26.1. The van der Waals surface area contributed by atoms with Crippen molar-refractivity contribution < 1.29 is 14.3 Å². The summed E-state index contributed by atoms with van der Waals surface area (Å²) in [5, 5.41) is 3.66. The van der Waals surface area contributed by atoms with Gasteiger partial charge in [-0.15, -0.1) is 11.8 Å². The van der Waals surface area contributed by atoms with Gasteiger partial charge >= 0.3 is 0 Å². The Balaban J connectivity index is 2.01. The van der Waals surface area contributed by atoms with Crippen LogP contribution in [-0.2, 0) is 16.1 Å². The quantitative estimate of drug-likeness (QED) is 0.328. The third-order valence-electron chi connectivity index (χ3n) is 4.96. The summed E-state index contributed by atoms with van der Waals surface area (Å²) in [4.78, 5) is 28.6. The van der Waals surface area contributed by atoms with E-state index < -0.39 is 6.04 Å². The largest absolute Gasteiger partial charge is 0.497 e. The fraction of sp³-hybridized carbons (Fsp3) is 0.440. The normalized spacial score (nSPS) is 11.8. The van der Waals surface area contributed by atoms with Gasteiger partial charge in [0, 0.05) is 29.4 Å². The Morgan fingerprint density at radius 2 is 1.84 bits per heavy atom. The number of carbonyl (C=O) groups is 2. The maximum Gasteiger partial charge on any atom is 0.242 e. The van der Waals surface area contributed by atoms with Gasteiger partial charge in [0.1, 0.15) is 11.8 Å². The summed E-state index contributed by atoms with van der Waals surface area (Å²) < 4.78 is 5.30. The van der Waals surface area contributed by atoms with Gasteiger partial charge in [-0.2, -0.15) is 0 Å². The molecule has 0 saturated heterocycles. The summed E-state index contributed by atoms with van der Waals surface area (Å²) in [5.41, 5.74) is 0.928. The van der Waals surface area contributed by atoms with E-state index in [0.717, 1.165) is 28.4 Å². The van der Waals surface area contributed by atoms with Gasteiger partial charge in [0.25, 0.3) is 0 Å². The molecule has 0 radical (unpaired) electrons. The van der Waals surface area contributed by atoms with Crippen LogP contribution >= 0.6 is 23.4 Å². The van der Waals surface area contributed by atoms with E-state index >= 15 is 0 Å². The van der Waals surface area contributed by atoms with Gasteiger partial charge in [-0.05, 0) is 67.0 Å². The first-order valence-corrected chi connectivity index (χ1v) is 12.2. The maximum atomic E-state index is 13.1. The van der Waals surface area contributed by atoms with Crippen LogP contribution in [-0.4, -0.2) is 42.2 Å². The summed E-state index contributed by atoms with van der Waals surface area (Å²) in [6.45, 7) is 6.82. The van der Waals surface area contributed by atoms with E-state index in [2.05, 4.69) is 5.32 Å². The molecule has 174 valence electrons. The molecule has 2 aromatic rings. The smallest absolute Gasteiger partial charge is 0.242 e. The minimum atomic E-state index is -0.559. The van der Waals surface area contributed by atoms with Gasteiger partial charge in [-0.3, -0.25) is 9.59 Å². The molecule has 0 spiro atoms. The van der Waals surface area contributed by atoms with Crippen LogP contribution in [0.3, 0.4) is 0 Å². The molecule has 1 atom stereocenters. The number of nitrogens with zero attached hydrogens (tertiary/aromatic N) is 1. The highest BCUT2D eigenvalue weighted by Gasteiger charge is 2.26. The summed E-state index contributed by atoms with van der Waals surface area (Å²) in [7, 11) is 1.61. The summed E-state index contributed by atoms with van der Waals surface area (Å²) in [6.07, 6.45) is 1.10. The first-order valence-electron chi connectivity index (χ1n) is 10.9. The van der Waals surface area contributed by atoms with Crippen molar-refractivity contribution in [3.05, 3.63) is 59.1 Å². The SMILES string of the molecule is COc1cccc(CN(C(=O)CCCSc2ccc(Cl)cc2)[C@H](C)C(=O)NCC(C)C)c1. The molecule has 0 saturated carbocycles. The molecule has 5 nitrogen and oxygen atoms in total. The second kappa shape index (κ2) is 13.4. The second-order valence-electron chi connectivity index (χ2n) is 8.09. The molecule has 0 unspecified atom stereocenters. The maximum absolute atomic E-state index is 13.1. The Morgan fingerprint density at radius 3 is 2.50 bits per heavy atom. The Labute approximate surface area is 200 Å². The van der Waals surface area contributed by atoms with E-state index in [1.54, 1.807) is 30.7 Å². The summed E-state index contributed by atoms with van der Waals surface area (Å²) in [6, 6.07) is 14.7. The van der Waals surface area contributed by atoms with Gasteiger partial charge in [-0.1, -0.05) is 37.6 Å². The van der Waals surface area contributed by atoms with Crippen molar-refractivity contribution in [1.82, 2.24) is 10.2 Å². The number of hydrogen-bond acceptors (Lipinski definition) is 4. The standard InChI is InChI=1S/C25H33ClN2O3S/c1-18(2)16-27-25(30)19(3)28(17-20-7-5-8-22(15-20)31-4)24(29)9-6-14-32-23-12-10-21(26)11-13-23/h5,7-8,10-13,15,18-19H,6,9,14,16-17H2,1-4H3,(H,27,30)/t19-/m1/s1. The molecular weight excluding hydrogens is 444 g/mol. The minimum Gasteiger partial charge on any atom is -0.497 e. The molecule has 0 aromatic heterocycles. The molecule has 32 heavy (non-hydrogen) atoms. The van der Waals surface area contributed by atoms with E-state index in [9.17, 15) is 9.59 Å². The molecule has 2 amide bonds. The van der Waals surface area contributed by atoms with Gasteiger partial charge in [-0.25, -0.2) is 0 Å². The first-order chi connectivity index (χ1) is 15.3. The average molecular weight is 477 g/mol. The zero-order valence-corrected chi connectivity index (χ0v) is 20.8.